The van der Waals surface area contributed by atoms with Crippen molar-refractivity contribution in [3.05, 3.63) is 65.5 Å². The quantitative estimate of drug-likeness (QED) is 0.331. The molecule has 0 aliphatic carbocycles. The number of H-pyrrole nitrogens is 2. The molecule has 7 heteroatoms. The first-order valence-electron chi connectivity index (χ1n) is 13.0. The van der Waals surface area contributed by atoms with Gasteiger partial charge in [0, 0.05) is 63.0 Å². The van der Waals surface area contributed by atoms with Crippen LogP contribution in [0.4, 0.5) is 8.78 Å². The Hall–Kier alpha value is -2.77. The first kappa shape index (κ1) is 24.9. The van der Waals surface area contributed by atoms with Crippen LogP contribution >= 0.6 is 0 Å². The van der Waals surface area contributed by atoms with Gasteiger partial charge >= 0.3 is 0 Å². The zero-order valence-electron chi connectivity index (χ0n) is 21.5. The van der Waals surface area contributed by atoms with Crippen molar-refractivity contribution in [3.63, 3.8) is 0 Å². The molecule has 0 bridgehead atoms. The van der Waals surface area contributed by atoms with Gasteiger partial charge in [-0.25, -0.2) is 4.39 Å². The maximum Gasteiger partial charge on any atom is 0.118 e. The number of benzene rings is 2. The van der Waals surface area contributed by atoms with E-state index in [-0.39, 0.29) is 15.4 Å². The summed E-state index contributed by atoms with van der Waals surface area (Å²) in [6.45, 7) is 9.42. The van der Waals surface area contributed by atoms with Gasteiger partial charge in [0.1, 0.15) is 5.67 Å². The summed E-state index contributed by atoms with van der Waals surface area (Å²) in [5, 5.41) is 9.45. The fraction of sp³-hybridized carbons (Fsp3) is 0.483. The predicted molar refractivity (Wildman–Crippen MR) is 147 cm³/mol. The summed E-state index contributed by atoms with van der Waals surface area (Å²) in [4.78, 5) is 8.04. The van der Waals surface area contributed by atoms with Crippen molar-refractivity contribution in [2.45, 2.75) is 58.4 Å². The molecule has 2 N–H and O–H groups in total. The fourth-order valence-corrected chi connectivity index (χ4v) is 5.63. The second kappa shape index (κ2) is 10.3. The number of hydrogen-bond donors (Lipinski definition) is 2. The Labute approximate surface area is 214 Å². The summed E-state index contributed by atoms with van der Waals surface area (Å²) in [6.07, 6.45) is 3.81. The number of likely N-dealkylation sites (tertiary alicyclic amines) is 1. The van der Waals surface area contributed by atoms with E-state index in [0.29, 0.717) is 12.6 Å². The van der Waals surface area contributed by atoms with E-state index in [1.807, 2.05) is 6.20 Å². The molecule has 2 aromatic carbocycles. The molecule has 2 atom stereocenters. The number of nitrogens with zero attached hydrogens (tertiary/aromatic N) is 3. The highest BCUT2D eigenvalue weighted by Crippen LogP contribution is 2.31. The van der Waals surface area contributed by atoms with Crippen LogP contribution in [0.25, 0.3) is 21.8 Å². The molecular formula is C29H41F2N5. The van der Waals surface area contributed by atoms with E-state index in [2.05, 4.69) is 74.4 Å². The van der Waals surface area contributed by atoms with E-state index < -0.39 is 5.67 Å². The summed E-state index contributed by atoms with van der Waals surface area (Å²) in [5.74, 6) is 0.242. The van der Waals surface area contributed by atoms with Crippen molar-refractivity contribution in [3.8, 4) is 0 Å². The summed E-state index contributed by atoms with van der Waals surface area (Å²) in [6, 6.07) is 15.1. The molecule has 4 heterocycles. The predicted octanol–water partition coefficient (Wildman–Crippen LogP) is 6.51. The summed E-state index contributed by atoms with van der Waals surface area (Å²) >= 11 is 0. The van der Waals surface area contributed by atoms with Gasteiger partial charge < -0.3 is 4.98 Å². The summed E-state index contributed by atoms with van der Waals surface area (Å²) in [5.41, 5.74) is 5.06. The molecule has 1 saturated heterocycles. The zero-order valence-corrected chi connectivity index (χ0v) is 21.5. The number of halogens is 2. The Morgan fingerprint density at radius 2 is 2.00 bits per heavy atom. The molecule has 196 valence electrons. The molecule has 0 amide bonds. The van der Waals surface area contributed by atoms with Crippen molar-refractivity contribution in [1.29, 1.82) is 0 Å². The van der Waals surface area contributed by atoms with Gasteiger partial charge in [0.25, 0.3) is 0 Å². The topological polar surface area (TPSA) is 51.0 Å². The Morgan fingerprint density at radius 3 is 2.78 bits per heavy atom. The molecule has 0 saturated carbocycles. The van der Waals surface area contributed by atoms with Crippen molar-refractivity contribution in [2.24, 2.45) is 5.92 Å². The maximum atomic E-state index is 13.9. The van der Waals surface area contributed by atoms with Gasteiger partial charge in [0.05, 0.1) is 18.4 Å². The molecule has 4 aromatic rings. The zero-order chi connectivity index (χ0) is 25.3. The van der Waals surface area contributed by atoms with E-state index >= 15 is 0 Å². The number of rotatable bonds is 5. The average Bonchev–Trinajstić information content (AvgIpc) is 3.57. The minimum absolute atomic E-state index is 0. The van der Waals surface area contributed by atoms with Crippen molar-refractivity contribution in [1.82, 2.24) is 25.0 Å². The third-order valence-electron chi connectivity index (χ3n) is 7.47. The number of hydrogen-bond acceptors (Lipinski definition) is 3. The van der Waals surface area contributed by atoms with Gasteiger partial charge in [-0.15, -0.1) is 0 Å². The first-order valence-corrected chi connectivity index (χ1v) is 13.0. The van der Waals surface area contributed by atoms with Gasteiger partial charge in [-0.2, -0.15) is 5.10 Å². The average molecular weight is 498 g/mol. The van der Waals surface area contributed by atoms with Crippen LogP contribution in [0.5, 0.6) is 0 Å². The molecule has 2 aliphatic heterocycles. The van der Waals surface area contributed by atoms with Gasteiger partial charge in [0.2, 0.25) is 0 Å². The van der Waals surface area contributed by atoms with Crippen LogP contribution in [0.2, 0.25) is 0 Å². The molecule has 0 spiro atoms. The molecule has 0 unspecified atom stereocenters. The Balaban J connectivity index is 0.000000201. The SMILES string of the molecule is C[C@@H]1Cc2c([nH]c3ccccc23)CN1CC(C)(C)F.FC[C@@H]1CCN(Cc2ccc3cn[nH]c3c2)C1.[HH].[HH]. The lowest BCUT2D eigenvalue weighted by Gasteiger charge is -2.36. The van der Waals surface area contributed by atoms with Crippen molar-refractivity contribution in [2.75, 3.05) is 26.3 Å². The largest absolute Gasteiger partial charge is 0.357 e. The molecule has 1 fully saturated rings. The number of fused-ring (bicyclic) bond motifs is 4. The fourth-order valence-electron chi connectivity index (χ4n) is 5.63. The molecule has 36 heavy (non-hydrogen) atoms. The highest BCUT2D eigenvalue weighted by Gasteiger charge is 2.30. The molecule has 6 rings (SSSR count). The third kappa shape index (κ3) is 5.62. The van der Waals surface area contributed by atoms with Gasteiger partial charge in [-0.1, -0.05) is 30.3 Å². The van der Waals surface area contributed by atoms with Crippen LogP contribution in [-0.2, 0) is 19.5 Å². The Bertz CT molecular complexity index is 1320. The first-order chi connectivity index (χ1) is 17.3. The number of nitrogens with one attached hydrogen (secondary N) is 2. The molecule has 2 aromatic heterocycles. The molecule has 0 radical (unpaired) electrons. The molecular weight excluding hydrogens is 456 g/mol. The van der Waals surface area contributed by atoms with Gasteiger partial charge in [0.15, 0.2) is 0 Å². The minimum Gasteiger partial charge on any atom is -0.357 e. The number of aromatic nitrogens is 3. The van der Waals surface area contributed by atoms with E-state index in [1.54, 1.807) is 13.8 Å². The Morgan fingerprint density at radius 1 is 1.17 bits per heavy atom. The van der Waals surface area contributed by atoms with Crippen LogP contribution in [0.15, 0.2) is 48.7 Å². The number of para-hydroxylation sites is 1. The lowest BCUT2D eigenvalue weighted by Crippen LogP contribution is -2.44. The summed E-state index contributed by atoms with van der Waals surface area (Å²) in [7, 11) is 0. The molecule has 5 nitrogen and oxygen atoms in total. The van der Waals surface area contributed by atoms with E-state index in [9.17, 15) is 8.78 Å². The molecule has 2 aliphatic rings. The van der Waals surface area contributed by atoms with E-state index in [4.69, 9.17) is 0 Å². The van der Waals surface area contributed by atoms with Gasteiger partial charge in [-0.05, 0) is 63.4 Å². The monoisotopic (exact) mass is 497 g/mol. The lowest BCUT2D eigenvalue weighted by molar-refractivity contribution is 0.0853. The van der Waals surface area contributed by atoms with Crippen molar-refractivity contribution < 1.29 is 11.6 Å². The van der Waals surface area contributed by atoms with Crippen molar-refractivity contribution >= 4 is 21.8 Å². The van der Waals surface area contributed by atoms with Gasteiger partial charge in [-0.3, -0.25) is 19.3 Å². The number of alkyl halides is 2. The highest BCUT2D eigenvalue weighted by molar-refractivity contribution is 5.85. The van der Waals surface area contributed by atoms with Crippen LogP contribution in [-0.4, -0.2) is 63.0 Å². The maximum absolute atomic E-state index is 13.9. The highest BCUT2D eigenvalue weighted by atomic mass is 19.1. The number of aromatic amines is 2. The summed E-state index contributed by atoms with van der Waals surface area (Å²) < 4.78 is 26.4. The van der Waals surface area contributed by atoms with E-state index in [0.717, 1.165) is 49.9 Å². The normalized spacial score (nSPS) is 21.0. The van der Waals surface area contributed by atoms with Crippen LogP contribution in [0.1, 0.15) is 46.9 Å². The third-order valence-corrected chi connectivity index (χ3v) is 7.47. The minimum atomic E-state index is -1.14. The van der Waals surface area contributed by atoms with Crippen LogP contribution in [0, 0.1) is 5.92 Å². The standard InChI is InChI=1S/C16H21FN2.C13H16FN3.2H2/c1-11-8-13-12-6-4-5-7-14(12)18-15(13)9-19(11)10-16(2,3)17;14-6-11-3-4-17(9-11)8-10-1-2-12-7-15-16-13(12)5-10;;/h4-7,11,18H,8-10H2,1-3H3;1-2,5,7,11H,3-4,6,8-9H2,(H,15,16);2*1H/t2*11-;;/m10../s1. The second-order valence-corrected chi connectivity index (χ2v) is 11.1. The lowest BCUT2D eigenvalue weighted by atomic mass is 9.96. The van der Waals surface area contributed by atoms with Crippen LogP contribution < -0.4 is 0 Å². The van der Waals surface area contributed by atoms with Crippen LogP contribution in [0.3, 0.4) is 0 Å². The Kier molecular flexibility index (Phi) is 7.13. The van der Waals surface area contributed by atoms with E-state index in [1.165, 1.54) is 27.7 Å². The smallest absolute Gasteiger partial charge is 0.118 e. The second-order valence-electron chi connectivity index (χ2n) is 11.1.